The van der Waals surface area contributed by atoms with Gasteiger partial charge in [0.05, 0.1) is 10.6 Å². The molecule has 0 aliphatic heterocycles. The van der Waals surface area contributed by atoms with Gasteiger partial charge in [-0.15, -0.1) is 0 Å². The minimum absolute atomic E-state index is 0.0653. The molecule has 0 aliphatic carbocycles. The van der Waals surface area contributed by atoms with Gasteiger partial charge in [-0.3, -0.25) is 4.79 Å². The molecule has 0 spiro atoms. The molecule has 1 aromatic heterocycles. The summed E-state index contributed by atoms with van der Waals surface area (Å²) in [6.07, 6.45) is 1.62. The highest BCUT2D eigenvalue weighted by molar-refractivity contribution is 6.33. The van der Waals surface area contributed by atoms with Gasteiger partial charge in [-0.2, -0.15) is 0 Å². The van der Waals surface area contributed by atoms with Crippen LogP contribution in [0.3, 0.4) is 0 Å². The molecule has 23 heavy (non-hydrogen) atoms. The molecule has 0 aliphatic rings. The Bertz CT molecular complexity index is 668. The SMILES string of the molecule is COCCCCNC(=O)c1c(-c2c(F)cccc2Cl)noc1C. The molecule has 2 rings (SSSR count). The average Bonchev–Trinajstić information content (AvgIpc) is 2.88. The van der Waals surface area contributed by atoms with Crippen molar-refractivity contribution < 1.29 is 18.4 Å². The van der Waals surface area contributed by atoms with E-state index in [1.54, 1.807) is 14.0 Å². The lowest BCUT2D eigenvalue weighted by molar-refractivity contribution is 0.0950. The predicted octanol–water partition coefficient (Wildman–Crippen LogP) is 3.60. The van der Waals surface area contributed by atoms with Crippen molar-refractivity contribution in [3.63, 3.8) is 0 Å². The van der Waals surface area contributed by atoms with Crippen LogP contribution in [-0.4, -0.2) is 31.3 Å². The molecule has 0 atom stereocenters. The predicted molar refractivity (Wildman–Crippen MR) is 85.1 cm³/mol. The number of nitrogens with one attached hydrogen (secondary N) is 1. The number of rotatable bonds is 7. The number of benzene rings is 1. The molecule has 124 valence electrons. The van der Waals surface area contributed by atoms with Crippen molar-refractivity contribution in [2.75, 3.05) is 20.3 Å². The maximum atomic E-state index is 14.1. The topological polar surface area (TPSA) is 64.4 Å². The quantitative estimate of drug-likeness (QED) is 0.782. The summed E-state index contributed by atoms with van der Waals surface area (Å²) >= 11 is 6.04. The number of hydrogen-bond donors (Lipinski definition) is 1. The molecule has 0 unspecified atom stereocenters. The monoisotopic (exact) mass is 340 g/mol. The van der Waals surface area contributed by atoms with E-state index in [9.17, 15) is 9.18 Å². The molecule has 2 aromatic rings. The van der Waals surface area contributed by atoms with Crippen molar-refractivity contribution in [2.45, 2.75) is 19.8 Å². The van der Waals surface area contributed by atoms with Crippen LogP contribution >= 0.6 is 11.6 Å². The molecule has 7 heteroatoms. The van der Waals surface area contributed by atoms with E-state index in [1.165, 1.54) is 18.2 Å². The second-order valence-corrected chi connectivity index (χ2v) is 5.42. The third-order valence-corrected chi connectivity index (χ3v) is 3.67. The summed E-state index contributed by atoms with van der Waals surface area (Å²) in [5, 5.41) is 6.75. The highest BCUT2D eigenvalue weighted by Crippen LogP contribution is 2.33. The van der Waals surface area contributed by atoms with E-state index in [0.717, 1.165) is 12.8 Å². The zero-order valence-corrected chi connectivity index (χ0v) is 13.7. The maximum absolute atomic E-state index is 14.1. The first-order valence-electron chi connectivity index (χ1n) is 7.24. The number of nitrogens with zero attached hydrogens (tertiary/aromatic N) is 1. The van der Waals surface area contributed by atoms with E-state index in [2.05, 4.69) is 10.5 Å². The van der Waals surface area contributed by atoms with Crippen LogP contribution in [0.15, 0.2) is 22.7 Å². The van der Waals surface area contributed by atoms with Gasteiger partial charge in [-0.05, 0) is 31.9 Å². The van der Waals surface area contributed by atoms with Crippen LogP contribution in [0.5, 0.6) is 0 Å². The number of aromatic nitrogens is 1. The number of ether oxygens (including phenoxy) is 1. The van der Waals surface area contributed by atoms with Gasteiger partial charge >= 0.3 is 0 Å². The van der Waals surface area contributed by atoms with Crippen molar-refractivity contribution in [3.05, 3.63) is 40.4 Å². The van der Waals surface area contributed by atoms with Crippen LogP contribution in [0.1, 0.15) is 29.0 Å². The number of amides is 1. The number of methoxy groups -OCH3 is 1. The van der Waals surface area contributed by atoms with Gasteiger partial charge in [0.15, 0.2) is 0 Å². The van der Waals surface area contributed by atoms with E-state index in [0.29, 0.717) is 18.9 Å². The van der Waals surface area contributed by atoms with Crippen LogP contribution in [0.25, 0.3) is 11.3 Å². The van der Waals surface area contributed by atoms with Crippen LogP contribution in [0, 0.1) is 12.7 Å². The molecule has 0 saturated heterocycles. The molecule has 1 aromatic carbocycles. The van der Waals surface area contributed by atoms with Gasteiger partial charge in [0, 0.05) is 20.3 Å². The fraction of sp³-hybridized carbons (Fsp3) is 0.375. The summed E-state index contributed by atoms with van der Waals surface area (Å²) in [5.41, 5.74) is 0.374. The van der Waals surface area contributed by atoms with E-state index in [-0.39, 0.29) is 27.8 Å². The summed E-state index contributed by atoms with van der Waals surface area (Å²) in [4.78, 5) is 12.4. The Morgan fingerprint density at radius 2 is 2.22 bits per heavy atom. The molecule has 1 amide bonds. The highest BCUT2D eigenvalue weighted by Gasteiger charge is 2.25. The Balaban J connectivity index is 2.20. The summed E-state index contributed by atoms with van der Waals surface area (Å²) in [5.74, 6) is -0.607. The van der Waals surface area contributed by atoms with Gasteiger partial charge in [-0.1, -0.05) is 22.8 Å². The zero-order chi connectivity index (χ0) is 16.8. The molecule has 5 nitrogen and oxygen atoms in total. The lowest BCUT2D eigenvalue weighted by Gasteiger charge is -2.07. The van der Waals surface area contributed by atoms with Crippen LogP contribution in [0.2, 0.25) is 5.02 Å². The number of carbonyl (C=O) groups is 1. The normalized spacial score (nSPS) is 10.8. The van der Waals surface area contributed by atoms with E-state index < -0.39 is 5.82 Å². The molecule has 0 radical (unpaired) electrons. The summed E-state index contributed by atoms with van der Waals surface area (Å²) in [6, 6.07) is 4.29. The molecular weight excluding hydrogens is 323 g/mol. The zero-order valence-electron chi connectivity index (χ0n) is 13.0. The number of carbonyl (C=O) groups excluding carboxylic acids is 1. The fourth-order valence-corrected chi connectivity index (χ4v) is 2.45. The minimum Gasteiger partial charge on any atom is -0.385 e. The standard InChI is InChI=1S/C16H18ClFN2O3/c1-10-13(16(21)19-8-3-4-9-22-2)15(20-23-10)14-11(17)6-5-7-12(14)18/h5-7H,3-4,8-9H2,1-2H3,(H,19,21). The van der Waals surface area contributed by atoms with Crippen LogP contribution in [-0.2, 0) is 4.74 Å². The van der Waals surface area contributed by atoms with Gasteiger partial charge in [-0.25, -0.2) is 4.39 Å². The van der Waals surface area contributed by atoms with E-state index >= 15 is 0 Å². The first-order chi connectivity index (χ1) is 11.1. The first kappa shape index (κ1) is 17.4. The van der Waals surface area contributed by atoms with Gasteiger partial charge in [0.2, 0.25) is 0 Å². The Hall–Kier alpha value is -1.92. The number of aryl methyl sites for hydroxylation is 1. The van der Waals surface area contributed by atoms with E-state index in [1.807, 2.05) is 0 Å². The summed E-state index contributed by atoms with van der Waals surface area (Å²) in [7, 11) is 1.63. The van der Waals surface area contributed by atoms with E-state index in [4.69, 9.17) is 20.9 Å². The van der Waals surface area contributed by atoms with Gasteiger partial charge < -0.3 is 14.6 Å². The molecule has 0 saturated carbocycles. The molecular formula is C16H18ClFN2O3. The first-order valence-corrected chi connectivity index (χ1v) is 7.61. The third kappa shape index (κ3) is 4.09. The van der Waals surface area contributed by atoms with Crippen molar-refractivity contribution in [1.29, 1.82) is 0 Å². The van der Waals surface area contributed by atoms with Crippen molar-refractivity contribution in [1.82, 2.24) is 10.5 Å². The molecule has 1 N–H and O–H groups in total. The van der Waals surface area contributed by atoms with Crippen molar-refractivity contribution in [2.24, 2.45) is 0 Å². The second-order valence-electron chi connectivity index (χ2n) is 5.01. The number of unbranched alkanes of at least 4 members (excludes halogenated alkanes) is 1. The lowest BCUT2D eigenvalue weighted by atomic mass is 10.0. The Morgan fingerprint density at radius 1 is 1.43 bits per heavy atom. The fourth-order valence-electron chi connectivity index (χ4n) is 2.20. The lowest BCUT2D eigenvalue weighted by Crippen LogP contribution is -2.25. The molecule has 1 heterocycles. The summed E-state index contributed by atoms with van der Waals surface area (Å²) in [6.45, 7) is 2.72. The smallest absolute Gasteiger partial charge is 0.257 e. The summed E-state index contributed by atoms with van der Waals surface area (Å²) < 4.78 is 24.1. The molecule has 0 fully saturated rings. The minimum atomic E-state index is -0.556. The Morgan fingerprint density at radius 3 is 2.91 bits per heavy atom. The Kier molecular flexibility index (Phi) is 6.12. The van der Waals surface area contributed by atoms with Gasteiger partial charge in [0.25, 0.3) is 5.91 Å². The average molecular weight is 341 g/mol. The van der Waals surface area contributed by atoms with Gasteiger partial charge in [0.1, 0.15) is 22.8 Å². The van der Waals surface area contributed by atoms with Crippen LogP contribution < -0.4 is 5.32 Å². The van der Waals surface area contributed by atoms with Crippen molar-refractivity contribution >= 4 is 17.5 Å². The second kappa shape index (κ2) is 8.08. The van der Waals surface area contributed by atoms with Crippen molar-refractivity contribution in [3.8, 4) is 11.3 Å². The highest BCUT2D eigenvalue weighted by atomic mass is 35.5. The Labute approximate surface area is 138 Å². The third-order valence-electron chi connectivity index (χ3n) is 3.35. The largest absolute Gasteiger partial charge is 0.385 e. The van der Waals surface area contributed by atoms with Crippen LogP contribution in [0.4, 0.5) is 4.39 Å². The molecule has 0 bridgehead atoms. The number of hydrogen-bond acceptors (Lipinski definition) is 4. The number of halogens is 2. The maximum Gasteiger partial charge on any atom is 0.257 e.